The summed E-state index contributed by atoms with van der Waals surface area (Å²) in [6.45, 7) is 4.45. The standard InChI is InChI=1S/C15H27N3/c1-5-12-6-8-13(9-7-12)15(16-3)14-10-18(4)17-11(14)2/h10,12-13,15-16H,5-9H2,1-4H3. The Labute approximate surface area is 111 Å². The molecular weight excluding hydrogens is 222 g/mol. The molecular formula is C15H27N3. The minimum Gasteiger partial charge on any atom is -0.313 e. The van der Waals surface area contributed by atoms with Gasteiger partial charge in [0.25, 0.3) is 0 Å². The number of hydrogen-bond donors (Lipinski definition) is 1. The number of nitrogens with zero attached hydrogens (tertiary/aromatic N) is 2. The summed E-state index contributed by atoms with van der Waals surface area (Å²) in [7, 11) is 4.10. The van der Waals surface area contributed by atoms with E-state index >= 15 is 0 Å². The second-order valence-corrected chi connectivity index (χ2v) is 5.80. The van der Waals surface area contributed by atoms with Crippen molar-refractivity contribution in [1.29, 1.82) is 0 Å². The maximum Gasteiger partial charge on any atom is 0.0641 e. The first-order valence-corrected chi connectivity index (χ1v) is 7.33. The molecule has 102 valence electrons. The molecule has 3 nitrogen and oxygen atoms in total. The first-order valence-electron chi connectivity index (χ1n) is 7.33. The Bertz CT molecular complexity index is 375. The third kappa shape index (κ3) is 2.77. The quantitative estimate of drug-likeness (QED) is 0.888. The summed E-state index contributed by atoms with van der Waals surface area (Å²) in [5, 5.41) is 8.00. The normalized spacial score (nSPS) is 26.2. The highest BCUT2D eigenvalue weighted by molar-refractivity contribution is 5.21. The Morgan fingerprint density at radius 3 is 2.50 bits per heavy atom. The van der Waals surface area contributed by atoms with Gasteiger partial charge in [0.15, 0.2) is 0 Å². The van der Waals surface area contributed by atoms with Gasteiger partial charge in [-0.05, 0) is 38.6 Å². The summed E-state index contributed by atoms with van der Waals surface area (Å²) in [5.41, 5.74) is 2.56. The predicted octanol–water partition coefficient (Wildman–Crippen LogP) is 3.21. The second-order valence-electron chi connectivity index (χ2n) is 5.80. The van der Waals surface area contributed by atoms with E-state index in [1.807, 2.05) is 11.7 Å². The lowest BCUT2D eigenvalue weighted by atomic mass is 9.76. The van der Waals surface area contributed by atoms with Gasteiger partial charge < -0.3 is 5.32 Å². The first kappa shape index (κ1) is 13.6. The zero-order valence-corrected chi connectivity index (χ0v) is 12.2. The van der Waals surface area contributed by atoms with Crippen LogP contribution >= 0.6 is 0 Å². The minimum absolute atomic E-state index is 0.483. The van der Waals surface area contributed by atoms with Gasteiger partial charge in [0.2, 0.25) is 0 Å². The summed E-state index contributed by atoms with van der Waals surface area (Å²) in [6.07, 6.45) is 9.05. The largest absolute Gasteiger partial charge is 0.313 e. The summed E-state index contributed by atoms with van der Waals surface area (Å²) in [6, 6.07) is 0.483. The van der Waals surface area contributed by atoms with Gasteiger partial charge in [-0.15, -0.1) is 0 Å². The third-order valence-corrected chi connectivity index (χ3v) is 4.64. The number of rotatable bonds is 4. The number of hydrogen-bond acceptors (Lipinski definition) is 2. The average Bonchev–Trinajstić information content (AvgIpc) is 2.70. The van der Waals surface area contributed by atoms with Gasteiger partial charge in [-0.25, -0.2) is 0 Å². The monoisotopic (exact) mass is 249 g/mol. The summed E-state index contributed by atoms with van der Waals surface area (Å²) < 4.78 is 1.94. The Balaban J connectivity index is 2.08. The van der Waals surface area contributed by atoms with E-state index in [0.717, 1.165) is 11.8 Å². The molecule has 0 amide bonds. The van der Waals surface area contributed by atoms with Crippen LogP contribution < -0.4 is 5.32 Å². The Kier molecular flexibility index (Phi) is 4.44. The topological polar surface area (TPSA) is 29.9 Å². The molecule has 0 aromatic carbocycles. The van der Waals surface area contributed by atoms with Crippen molar-refractivity contribution in [3.8, 4) is 0 Å². The smallest absolute Gasteiger partial charge is 0.0641 e. The van der Waals surface area contributed by atoms with Gasteiger partial charge in [0, 0.05) is 24.8 Å². The van der Waals surface area contributed by atoms with Gasteiger partial charge in [0.05, 0.1) is 5.69 Å². The van der Waals surface area contributed by atoms with Crippen LogP contribution in [0, 0.1) is 18.8 Å². The molecule has 0 aliphatic heterocycles. The van der Waals surface area contributed by atoms with Crippen LogP contribution in [0.25, 0.3) is 0 Å². The molecule has 1 saturated carbocycles. The highest BCUT2D eigenvalue weighted by Gasteiger charge is 2.28. The highest BCUT2D eigenvalue weighted by atomic mass is 15.3. The van der Waals surface area contributed by atoms with Gasteiger partial charge >= 0.3 is 0 Å². The molecule has 1 heterocycles. The van der Waals surface area contributed by atoms with Gasteiger partial charge in [-0.1, -0.05) is 26.2 Å². The van der Waals surface area contributed by atoms with Crippen LogP contribution in [-0.4, -0.2) is 16.8 Å². The molecule has 0 bridgehead atoms. The zero-order chi connectivity index (χ0) is 13.1. The van der Waals surface area contributed by atoms with Crippen molar-refractivity contribution in [3.63, 3.8) is 0 Å². The fourth-order valence-corrected chi connectivity index (χ4v) is 3.50. The van der Waals surface area contributed by atoms with Crippen molar-refractivity contribution >= 4 is 0 Å². The lowest BCUT2D eigenvalue weighted by Gasteiger charge is -2.33. The molecule has 3 heteroatoms. The van der Waals surface area contributed by atoms with Crippen LogP contribution in [0.15, 0.2) is 6.20 Å². The minimum atomic E-state index is 0.483. The Morgan fingerprint density at radius 2 is 2.06 bits per heavy atom. The molecule has 0 spiro atoms. The van der Waals surface area contributed by atoms with Gasteiger partial charge in [-0.2, -0.15) is 5.10 Å². The molecule has 1 unspecified atom stereocenters. The molecule has 1 aliphatic rings. The molecule has 1 fully saturated rings. The van der Waals surface area contributed by atoms with E-state index in [9.17, 15) is 0 Å². The van der Waals surface area contributed by atoms with Crippen LogP contribution in [0.5, 0.6) is 0 Å². The van der Waals surface area contributed by atoms with E-state index in [0.29, 0.717) is 6.04 Å². The van der Waals surface area contributed by atoms with Crippen molar-refractivity contribution < 1.29 is 0 Å². The molecule has 1 aromatic rings. The lowest BCUT2D eigenvalue weighted by Crippen LogP contribution is -2.29. The van der Waals surface area contributed by atoms with Crippen LogP contribution in [0.1, 0.15) is 56.3 Å². The summed E-state index contributed by atoms with van der Waals surface area (Å²) >= 11 is 0. The van der Waals surface area contributed by atoms with E-state index in [-0.39, 0.29) is 0 Å². The van der Waals surface area contributed by atoms with Crippen molar-refractivity contribution in [2.45, 2.75) is 52.0 Å². The molecule has 1 aromatic heterocycles. The van der Waals surface area contributed by atoms with Crippen molar-refractivity contribution in [2.75, 3.05) is 7.05 Å². The predicted molar refractivity (Wildman–Crippen MR) is 75.5 cm³/mol. The molecule has 0 radical (unpaired) electrons. The van der Waals surface area contributed by atoms with Crippen molar-refractivity contribution in [3.05, 3.63) is 17.5 Å². The average molecular weight is 249 g/mol. The fourth-order valence-electron chi connectivity index (χ4n) is 3.50. The van der Waals surface area contributed by atoms with E-state index in [4.69, 9.17) is 0 Å². The van der Waals surface area contributed by atoms with Crippen molar-refractivity contribution in [1.82, 2.24) is 15.1 Å². The van der Waals surface area contributed by atoms with E-state index in [1.54, 1.807) is 0 Å². The zero-order valence-electron chi connectivity index (χ0n) is 12.2. The van der Waals surface area contributed by atoms with Crippen LogP contribution in [-0.2, 0) is 7.05 Å². The molecule has 2 rings (SSSR count). The molecule has 18 heavy (non-hydrogen) atoms. The van der Waals surface area contributed by atoms with E-state index < -0.39 is 0 Å². The van der Waals surface area contributed by atoms with E-state index in [2.05, 4.69) is 37.5 Å². The van der Waals surface area contributed by atoms with Gasteiger partial charge in [-0.3, -0.25) is 4.68 Å². The number of nitrogens with one attached hydrogen (secondary N) is 1. The highest BCUT2D eigenvalue weighted by Crippen LogP contribution is 2.38. The third-order valence-electron chi connectivity index (χ3n) is 4.64. The maximum absolute atomic E-state index is 4.48. The Morgan fingerprint density at radius 1 is 1.39 bits per heavy atom. The van der Waals surface area contributed by atoms with Crippen LogP contribution in [0.2, 0.25) is 0 Å². The first-order chi connectivity index (χ1) is 8.65. The van der Waals surface area contributed by atoms with E-state index in [1.165, 1.54) is 43.4 Å². The molecule has 1 atom stereocenters. The maximum atomic E-state index is 4.48. The number of aromatic nitrogens is 2. The fraction of sp³-hybridized carbons (Fsp3) is 0.800. The van der Waals surface area contributed by atoms with Crippen LogP contribution in [0.3, 0.4) is 0 Å². The summed E-state index contributed by atoms with van der Waals surface area (Å²) in [5.74, 6) is 1.74. The molecule has 0 saturated heterocycles. The molecule has 1 aliphatic carbocycles. The SMILES string of the molecule is CCC1CCC(C(NC)c2cn(C)nc2C)CC1. The van der Waals surface area contributed by atoms with Crippen molar-refractivity contribution in [2.24, 2.45) is 18.9 Å². The summed E-state index contributed by atoms with van der Waals surface area (Å²) in [4.78, 5) is 0. The second kappa shape index (κ2) is 5.87. The van der Waals surface area contributed by atoms with Gasteiger partial charge in [0.1, 0.15) is 0 Å². The lowest BCUT2D eigenvalue weighted by molar-refractivity contribution is 0.224. The Hall–Kier alpha value is -0.830. The number of aryl methyl sites for hydroxylation is 2. The molecule has 1 N–H and O–H groups in total. The van der Waals surface area contributed by atoms with Crippen LogP contribution in [0.4, 0.5) is 0 Å².